The molecule has 0 aliphatic carbocycles. The summed E-state index contributed by atoms with van der Waals surface area (Å²) in [6.45, 7) is 4.01. The van der Waals surface area contributed by atoms with Crippen molar-refractivity contribution in [3.8, 4) is 0 Å². The predicted octanol–water partition coefficient (Wildman–Crippen LogP) is 2.75. The third-order valence-electron chi connectivity index (χ3n) is 3.30. The first kappa shape index (κ1) is 13.5. The fourth-order valence-electron chi connectivity index (χ4n) is 2.19. The summed E-state index contributed by atoms with van der Waals surface area (Å²) >= 11 is 2.09. The first-order chi connectivity index (χ1) is 8.50. The molecule has 1 aliphatic heterocycles. The summed E-state index contributed by atoms with van der Waals surface area (Å²) in [4.78, 5) is 10.7. The summed E-state index contributed by atoms with van der Waals surface area (Å²) in [5.41, 5.74) is 0.703. The average Bonchev–Trinajstić information content (AvgIpc) is 2.32. The second-order valence-corrected chi connectivity index (χ2v) is 6.10. The van der Waals surface area contributed by atoms with Crippen molar-refractivity contribution >= 4 is 34.0 Å². The predicted molar refractivity (Wildman–Crippen MR) is 79.9 cm³/mol. The molecule has 0 unspecified atom stereocenters. The van der Waals surface area contributed by atoms with Crippen molar-refractivity contribution in [2.24, 2.45) is 0 Å². The Morgan fingerprint density at radius 3 is 2.72 bits per heavy atom. The van der Waals surface area contributed by atoms with Crippen molar-refractivity contribution in [3.05, 3.63) is 31.9 Å². The molecule has 0 saturated carbocycles. The topological polar surface area (TPSA) is 67.2 Å². The van der Waals surface area contributed by atoms with Gasteiger partial charge in [0.1, 0.15) is 5.69 Å². The standard InChI is InChI=1S/C12H16IN3O2/c1-12(4-6-14-7-5-12)15-10-3-2-9(13)8-11(10)16(17)18/h2-3,8,14-15H,4-7H2,1H3. The number of nitro groups is 1. The number of rotatable bonds is 3. The summed E-state index contributed by atoms with van der Waals surface area (Å²) in [6, 6.07) is 5.29. The van der Waals surface area contributed by atoms with Crippen molar-refractivity contribution in [1.82, 2.24) is 5.32 Å². The number of halogens is 1. The largest absolute Gasteiger partial charge is 0.374 e. The first-order valence-electron chi connectivity index (χ1n) is 5.93. The zero-order chi connectivity index (χ0) is 13.2. The van der Waals surface area contributed by atoms with Crippen molar-refractivity contribution in [2.45, 2.75) is 25.3 Å². The van der Waals surface area contributed by atoms with Gasteiger partial charge in [-0.3, -0.25) is 10.1 Å². The van der Waals surface area contributed by atoms with E-state index in [1.807, 2.05) is 6.07 Å². The van der Waals surface area contributed by atoms with Gasteiger partial charge in [-0.25, -0.2) is 0 Å². The molecular formula is C12H16IN3O2. The molecule has 5 nitrogen and oxygen atoms in total. The SMILES string of the molecule is CC1(Nc2ccc(I)cc2[N+](=O)[O-])CCNCC1. The van der Waals surface area contributed by atoms with Crippen molar-refractivity contribution < 1.29 is 4.92 Å². The van der Waals surface area contributed by atoms with Gasteiger partial charge < -0.3 is 10.6 Å². The molecule has 1 saturated heterocycles. The van der Waals surface area contributed by atoms with Crippen molar-refractivity contribution in [3.63, 3.8) is 0 Å². The number of nitro benzene ring substituents is 1. The Labute approximate surface area is 120 Å². The lowest BCUT2D eigenvalue weighted by atomic mass is 9.90. The maximum Gasteiger partial charge on any atom is 0.293 e. The molecule has 2 rings (SSSR count). The molecule has 0 bridgehead atoms. The number of nitrogens with zero attached hydrogens (tertiary/aromatic N) is 1. The van der Waals surface area contributed by atoms with Crippen LogP contribution in [0.15, 0.2) is 18.2 Å². The Morgan fingerprint density at radius 2 is 2.11 bits per heavy atom. The zero-order valence-electron chi connectivity index (χ0n) is 10.2. The van der Waals surface area contributed by atoms with Crippen LogP contribution in [0.4, 0.5) is 11.4 Å². The molecule has 0 atom stereocenters. The Hall–Kier alpha value is -0.890. The molecule has 18 heavy (non-hydrogen) atoms. The lowest BCUT2D eigenvalue weighted by Crippen LogP contribution is -2.45. The van der Waals surface area contributed by atoms with Crippen LogP contribution in [-0.2, 0) is 0 Å². The highest BCUT2D eigenvalue weighted by atomic mass is 127. The van der Waals surface area contributed by atoms with Gasteiger partial charge in [0.15, 0.2) is 0 Å². The van der Waals surface area contributed by atoms with Crippen LogP contribution in [0.3, 0.4) is 0 Å². The lowest BCUT2D eigenvalue weighted by Gasteiger charge is -2.35. The van der Waals surface area contributed by atoms with Gasteiger partial charge in [-0.1, -0.05) is 0 Å². The van der Waals surface area contributed by atoms with Crippen LogP contribution in [0.1, 0.15) is 19.8 Å². The second-order valence-electron chi connectivity index (χ2n) is 4.85. The summed E-state index contributed by atoms with van der Waals surface area (Å²) in [7, 11) is 0. The number of piperidine rings is 1. The molecule has 1 aromatic carbocycles. The van der Waals surface area contributed by atoms with Crippen LogP contribution < -0.4 is 10.6 Å². The van der Waals surface area contributed by atoms with Crippen LogP contribution in [0, 0.1) is 13.7 Å². The molecule has 0 radical (unpaired) electrons. The fourth-order valence-corrected chi connectivity index (χ4v) is 2.66. The van der Waals surface area contributed by atoms with E-state index < -0.39 is 0 Å². The number of hydrogen-bond donors (Lipinski definition) is 2. The van der Waals surface area contributed by atoms with Crippen LogP contribution in [0.2, 0.25) is 0 Å². The van der Waals surface area contributed by atoms with Gasteiger partial charge in [0.25, 0.3) is 5.69 Å². The van der Waals surface area contributed by atoms with Gasteiger partial charge in [0.05, 0.1) is 4.92 Å². The number of benzene rings is 1. The Bertz CT molecular complexity index is 459. The molecule has 0 spiro atoms. The first-order valence-corrected chi connectivity index (χ1v) is 7.01. The highest BCUT2D eigenvalue weighted by molar-refractivity contribution is 14.1. The van der Waals surface area contributed by atoms with Crippen LogP contribution in [-0.4, -0.2) is 23.6 Å². The van der Waals surface area contributed by atoms with E-state index in [0.717, 1.165) is 29.5 Å². The smallest absolute Gasteiger partial charge is 0.293 e. The van der Waals surface area contributed by atoms with E-state index in [9.17, 15) is 10.1 Å². The molecule has 1 aliphatic rings. The summed E-state index contributed by atoms with van der Waals surface area (Å²) < 4.78 is 0.875. The van der Waals surface area contributed by atoms with Gasteiger partial charge in [0, 0.05) is 15.2 Å². The molecule has 1 heterocycles. The van der Waals surface area contributed by atoms with Crippen molar-refractivity contribution in [1.29, 1.82) is 0 Å². The normalized spacial score (nSPS) is 18.3. The van der Waals surface area contributed by atoms with Crippen LogP contribution in [0.25, 0.3) is 0 Å². The summed E-state index contributed by atoms with van der Waals surface area (Å²) in [5, 5.41) is 17.7. The third-order valence-corrected chi connectivity index (χ3v) is 3.97. The van der Waals surface area contributed by atoms with Gasteiger partial charge in [-0.05, 0) is 67.6 Å². The second kappa shape index (κ2) is 5.40. The molecule has 1 fully saturated rings. The number of anilines is 1. The highest BCUT2D eigenvalue weighted by Gasteiger charge is 2.28. The molecule has 98 valence electrons. The molecule has 1 aromatic rings. The molecule has 2 N–H and O–H groups in total. The van der Waals surface area contributed by atoms with Gasteiger partial charge >= 0.3 is 0 Å². The quantitative estimate of drug-likeness (QED) is 0.494. The van der Waals surface area contributed by atoms with Crippen LogP contribution >= 0.6 is 22.6 Å². The van der Waals surface area contributed by atoms with E-state index in [1.165, 1.54) is 0 Å². The lowest BCUT2D eigenvalue weighted by molar-refractivity contribution is -0.384. The van der Waals surface area contributed by atoms with Gasteiger partial charge in [0.2, 0.25) is 0 Å². The van der Waals surface area contributed by atoms with Gasteiger partial charge in [-0.2, -0.15) is 0 Å². The van der Waals surface area contributed by atoms with E-state index in [2.05, 4.69) is 40.1 Å². The molecular weight excluding hydrogens is 345 g/mol. The van der Waals surface area contributed by atoms with E-state index in [4.69, 9.17) is 0 Å². The van der Waals surface area contributed by atoms with E-state index in [-0.39, 0.29) is 16.1 Å². The Balaban J connectivity index is 2.25. The highest BCUT2D eigenvalue weighted by Crippen LogP contribution is 2.31. The van der Waals surface area contributed by atoms with E-state index >= 15 is 0 Å². The van der Waals surface area contributed by atoms with Crippen molar-refractivity contribution in [2.75, 3.05) is 18.4 Å². The molecule has 0 amide bonds. The van der Waals surface area contributed by atoms with E-state index in [1.54, 1.807) is 12.1 Å². The van der Waals surface area contributed by atoms with Gasteiger partial charge in [-0.15, -0.1) is 0 Å². The minimum Gasteiger partial charge on any atom is -0.374 e. The molecule has 6 heteroatoms. The molecule has 0 aromatic heterocycles. The monoisotopic (exact) mass is 361 g/mol. The van der Waals surface area contributed by atoms with Crippen LogP contribution in [0.5, 0.6) is 0 Å². The third kappa shape index (κ3) is 3.11. The fraction of sp³-hybridized carbons (Fsp3) is 0.500. The van der Waals surface area contributed by atoms with E-state index in [0.29, 0.717) is 5.69 Å². The number of hydrogen-bond acceptors (Lipinski definition) is 4. The minimum atomic E-state index is -0.324. The number of nitrogens with one attached hydrogen (secondary N) is 2. The maximum absolute atomic E-state index is 11.1. The zero-order valence-corrected chi connectivity index (χ0v) is 12.4. The minimum absolute atomic E-state index is 0.0667. The Kier molecular flexibility index (Phi) is 4.06. The average molecular weight is 361 g/mol. The summed E-state index contributed by atoms with van der Waals surface area (Å²) in [5.74, 6) is 0. The maximum atomic E-state index is 11.1. The Morgan fingerprint density at radius 1 is 1.44 bits per heavy atom. The summed E-state index contributed by atoms with van der Waals surface area (Å²) in [6.07, 6.45) is 1.94.